The Bertz CT molecular complexity index is 1330. The number of fused-ring (bicyclic) bond motifs is 3. The number of anilines is 1. The first-order valence-electron chi connectivity index (χ1n) is 11.4. The van der Waals surface area contributed by atoms with Crippen molar-refractivity contribution in [1.82, 2.24) is 15.2 Å². The van der Waals surface area contributed by atoms with Crippen molar-refractivity contribution < 1.29 is 14.2 Å². The average Bonchev–Trinajstić information content (AvgIpc) is 3.05. The Kier molecular flexibility index (Phi) is 6.72. The average molecular weight is 487 g/mol. The van der Waals surface area contributed by atoms with E-state index < -0.39 is 6.23 Å². The number of aromatic nitrogens is 3. The maximum absolute atomic E-state index is 6.44. The summed E-state index contributed by atoms with van der Waals surface area (Å²) in [7, 11) is 1.63. The van der Waals surface area contributed by atoms with Crippen LogP contribution in [0.15, 0.2) is 71.9 Å². The van der Waals surface area contributed by atoms with Crippen LogP contribution in [-0.4, -0.2) is 28.9 Å². The Hall–Kier alpha value is -3.78. The summed E-state index contributed by atoms with van der Waals surface area (Å²) in [5.74, 6) is 2.43. The molecule has 1 unspecified atom stereocenters. The van der Waals surface area contributed by atoms with Crippen molar-refractivity contribution in [2.45, 2.75) is 31.0 Å². The molecule has 0 amide bonds. The molecule has 0 saturated carbocycles. The van der Waals surface area contributed by atoms with Crippen LogP contribution in [0, 0.1) is 6.92 Å². The van der Waals surface area contributed by atoms with E-state index in [4.69, 9.17) is 19.2 Å². The van der Waals surface area contributed by atoms with Gasteiger partial charge in [0.1, 0.15) is 0 Å². The zero-order valence-corrected chi connectivity index (χ0v) is 20.6. The van der Waals surface area contributed by atoms with Crippen molar-refractivity contribution in [2.75, 3.05) is 19.0 Å². The fourth-order valence-electron chi connectivity index (χ4n) is 3.91. The van der Waals surface area contributed by atoms with Gasteiger partial charge in [-0.1, -0.05) is 65.9 Å². The highest BCUT2D eigenvalue weighted by atomic mass is 32.2. The zero-order chi connectivity index (χ0) is 24.2. The minimum atomic E-state index is -0.570. The Morgan fingerprint density at radius 2 is 1.83 bits per heavy atom. The maximum Gasteiger partial charge on any atom is 0.247 e. The second-order valence-corrected chi connectivity index (χ2v) is 8.96. The Balaban J connectivity index is 1.51. The van der Waals surface area contributed by atoms with Gasteiger partial charge >= 0.3 is 0 Å². The highest BCUT2D eigenvalue weighted by molar-refractivity contribution is 7.98. The first-order valence-corrected chi connectivity index (χ1v) is 12.4. The number of benzene rings is 3. The first kappa shape index (κ1) is 23.0. The summed E-state index contributed by atoms with van der Waals surface area (Å²) in [5, 5.41) is 12.9. The largest absolute Gasteiger partial charge is 0.492 e. The SMILES string of the molecule is CCOc1cccc(C2Nc3ccccc3-c3nnc(SCc4ccc(C)cc4)nc3O2)c1OC. The number of aryl methyl sites for hydroxylation is 1. The molecule has 0 aliphatic carbocycles. The fraction of sp³-hybridized carbons (Fsp3) is 0.222. The van der Waals surface area contributed by atoms with Crippen LogP contribution in [0.3, 0.4) is 0 Å². The van der Waals surface area contributed by atoms with E-state index in [1.807, 2.05) is 49.4 Å². The summed E-state index contributed by atoms with van der Waals surface area (Å²) in [6.45, 7) is 4.55. The van der Waals surface area contributed by atoms with Crippen molar-refractivity contribution in [2.24, 2.45) is 0 Å². The van der Waals surface area contributed by atoms with Gasteiger partial charge < -0.3 is 19.5 Å². The van der Waals surface area contributed by atoms with E-state index in [9.17, 15) is 0 Å². The summed E-state index contributed by atoms with van der Waals surface area (Å²) in [5.41, 5.74) is 5.57. The third-order valence-electron chi connectivity index (χ3n) is 5.62. The summed E-state index contributed by atoms with van der Waals surface area (Å²) >= 11 is 1.52. The van der Waals surface area contributed by atoms with Gasteiger partial charge in [-0.3, -0.25) is 0 Å². The van der Waals surface area contributed by atoms with Gasteiger partial charge in [-0.05, 0) is 37.6 Å². The van der Waals surface area contributed by atoms with Gasteiger partial charge in [0.15, 0.2) is 17.2 Å². The molecule has 1 N–H and O–H groups in total. The number of nitrogens with zero attached hydrogens (tertiary/aromatic N) is 3. The van der Waals surface area contributed by atoms with Crippen LogP contribution in [0.1, 0.15) is 29.8 Å². The fourth-order valence-corrected chi connectivity index (χ4v) is 4.64. The van der Waals surface area contributed by atoms with Crippen molar-refractivity contribution in [3.05, 3.63) is 83.4 Å². The van der Waals surface area contributed by atoms with Gasteiger partial charge in [0.2, 0.25) is 17.3 Å². The molecule has 0 fully saturated rings. The third kappa shape index (κ3) is 4.88. The quantitative estimate of drug-likeness (QED) is 0.316. The smallest absolute Gasteiger partial charge is 0.247 e. The molecule has 1 atom stereocenters. The Morgan fingerprint density at radius 1 is 1.00 bits per heavy atom. The molecular formula is C27H26N4O3S. The standard InChI is InChI=1S/C27H26N4O3S/c1-4-33-22-11-7-9-20(24(22)32-3)25-28-21-10-6-5-8-19(21)23-26(34-25)29-27(31-30-23)35-16-18-14-12-17(2)13-15-18/h5-15,25,28H,4,16H2,1-3H3. The molecule has 0 bridgehead atoms. The number of ether oxygens (including phenoxy) is 3. The molecule has 5 rings (SSSR count). The molecular weight excluding hydrogens is 460 g/mol. The van der Waals surface area contributed by atoms with Crippen molar-refractivity contribution in [3.8, 4) is 28.6 Å². The summed E-state index contributed by atoms with van der Waals surface area (Å²) in [4.78, 5) is 4.75. The van der Waals surface area contributed by atoms with Gasteiger partial charge in [0.25, 0.3) is 0 Å². The molecule has 1 aromatic heterocycles. The minimum Gasteiger partial charge on any atom is -0.492 e. The van der Waals surface area contributed by atoms with E-state index >= 15 is 0 Å². The van der Waals surface area contributed by atoms with Gasteiger partial charge in [0.05, 0.1) is 19.3 Å². The number of hydrogen-bond acceptors (Lipinski definition) is 8. The third-order valence-corrected chi connectivity index (χ3v) is 6.53. The summed E-state index contributed by atoms with van der Waals surface area (Å²) in [6.07, 6.45) is -0.570. The predicted molar refractivity (Wildman–Crippen MR) is 137 cm³/mol. The maximum atomic E-state index is 6.44. The molecule has 178 valence electrons. The van der Waals surface area contributed by atoms with E-state index in [1.165, 1.54) is 22.9 Å². The lowest BCUT2D eigenvalue weighted by Gasteiger charge is -2.22. The monoisotopic (exact) mass is 486 g/mol. The summed E-state index contributed by atoms with van der Waals surface area (Å²) in [6, 6.07) is 22.1. The van der Waals surface area contributed by atoms with Crippen LogP contribution < -0.4 is 19.5 Å². The first-order chi connectivity index (χ1) is 17.2. The molecule has 0 spiro atoms. The van der Waals surface area contributed by atoms with Crippen LogP contribution in [0.4, 0.5) is 5.69 Å². The molecule has 8 heteroatoms. The molecule has 0 radical (unpaired) electrons. The van der Waals surface area contributed by atoms with Crippen molar-refractivity contribution in [1.29, 1.82) is 0 Å². The number of methoxy groups -OCH3 is 1. The molecule has 0 saturated heterocycles. The normalized spacial score (nSPS) is 14.1. The molecule has 2 heterocycles. The van der Waals surface area contributed by atoms with E-state index in [0.29, 0.717) is 34.8 Å². The highest BCUT2D eigenvalue weighted by Gasteiger charge is 2.29. The van der Waals surface area contributed by atoms with Gasteiger partial charge in [-0.25, -0.2) is 0 Å². The molecule has 3 aromatic carbocycles. The van der Waals surface area contributed by atoms with Crippen LogP contribution in [0.2, 0.25) is 0 Å². The molecule has 7 nitrogen and oxygen atoms in total. The van der Waals surface area contributed by atoms with Gasteiger partial charge in [0, 0.05) is 17.0 Å². The Labute approximate surface area is 208 Å². The minimum absolute atomic E-state index is 0.415. The summed E-state index contributed by atoms with van der Waals surface area (Å²) < 4.78 is 17.9. The molecule has 4 aromatic rings. The second-order valence-electron chi connectivity index (χ2n) is 8.02. The van der Waals surface area contributed by atoms with E-state index in [0.717, 1.165) is 22.6 Å². The molecule has 1 aliphatic rings. The molecule has 35 heavy (non-hydrogen) atoms. The zero-order valence-electron chi connectivity index (χ0n) is 19.8. The number of para-hydroxylation sites is 2. The Morgan fingerprint density at radius 3 is 2.63 bits per heavy atom. The van der Waals surface area contributed by atoms with E-state index in [2.05, 4.69) is 46.7 Å². The lowest BCUT2D eigenvalue weighted by Crippen LogP contribution is -2.18. The van der Waals surface area contributed by atoms with Crippen molar-refractivity contribution >= 4 is 17.4 Å². The van der Waals surface area contributed by atoms with Gasteiger partial charge in [-0.2, -0.15) is 4.98 Å². The lowest BCUT2D eigenvalue weighted by molar-refractivity contribution is 0.217. The number of hydrogen-bond donors (Lipinski definition) is 1. The van der Waals surface area contributed by atoms with E-state index in [1.54, 1.807) is 7.11 Å². The van der Waals surface area contributed by atoms with Crippen LogP contribution in [0.5, 0.6) is 17.4 Å². The predicted octanol–water partition coefficient (Wildman–Crippen LogP) is 6.05. The highest BCUT2D eigenvalue weighted by Crippen LogP contribution is 2.43. The number of thioether (sulfide) groups is 1. The van der Waals surface area contributed by atoms with Crippen LogP contribution >= 0.6 is 11.8 Å². The van der Waals surface area contributed by atoms with E-state index in [-0.39, 0.29) is 0 Å². The number of nitrogens with one attached hydrogen (secondary N) is 1. The van der Waals surface area contributed by atoms with Gasteiger partial charge in [-0.15, -0.1) is 10.2 Å². The molecule has 1 aliphatic heterocycles. The van der Waals surface area contributed by atoms with Crippen molar-refractivity contribution in [3.63, 3.8) is 0 Å². The van der Waals surface area contributed by atoms with Crippen LogP contribution in [-0.2, 0) is 5.75 Å². The number of rotatable bonds is 7. The van der Waals surface area contributed by atoms with Crippen LogP contribution in [0.25, 0.3) is 11.3 Å². The topological polar surface area (TPSA) is 78.4 Å². The lowest BCUT2D eigenvalue weighted by atomic mass is 10.1. The second kappa shape index (κ2) is 10.2.